The van der Waals surface area contributed by atoms with Crippen LogP contribution < -0.4 is 0 Å². The van der Waals surface area contributed by atoms with Gasteiger partial charge < -0.3 is 9.47 Å². The standard InChI is InChI=1S/C18H25N5OS2/c1-13(2)16-19-22(18(25)23(16)14-5-6-14)12-20-7-9-21(10-8-20)17(24)15-4-3-11-26-15/h3-4,11,13-14H,5-10,12H2,1-2H3. The maximum Gasteiger partial charge on any atom is 0.264 e. The Morgan fingerprint density at radius 2 is 2.04 bits per heavy atom. The van der Waals surface area contributed by atoms with E-state index in [4.69, 9.17) is 17.3 Å². The molecule has 26 heavy (non-hydrogen) atoms. The highest BCUT2D eigenvalue weighted by Gasteiger charge is 2.30. The minimum Gasteiger partial charge on any atom is -0.335 e. The van der Waals surface area contributed by atoms with Crippen LogP contribution in [-0.2, 0) is 6.67 Å². The molecule has 0 aromatic carbocycles. The van der Waals surface area contributed by atoms with Crippen molar-refractivity contribution in [2.24, 2.45) is 0 Å². The van der Waals surface area contributed by atoms with E-state index in [-0.39, 0.29) is 5.91 Å². The maximum absolute atomic E-state index is 12.5. The molecule has 2 aromatic heterocycles. The maximum atomic E-state index is 12.5. The summed E-state index contributed by atoms with van der Waals surface area (Å²) in [4.78, 5) is 17.6. The molecule has 8 heteroatoms. The van der Waals surface area contributed by atoms with Crippen molar-refractivity contribution in [3.8, 4) is 0 Å². The van der Waals surface area contributed by atoms with E-state index in [1.165, 1.54) is 24.2 Å². The average Bonchev–Trinajstić information content (AvgIpc) is 3.20. The Balaban J connectivity index is 1.41. The van der Waals surface area contributed by atoms with Gasteiger partial charge in [0.2, 0.25) is 0 Å². The normalized spacial score (nSPS) is 18.7. The number of carbonyl (C=O) groups excluding carboxylic acids is 1. The van der Waals surface area contributed by atoms with Gasteiger partial charge in [-0.1, -0.05) is 19.9 Å². The molecule has 1 saturated carbocycles. The molecular weight excluding hydrogens is 366 g/mol. The SMILES string of the molecule is CC(C)c1nn(CN2CCN(C(=O)c3cccs3)CC2)c(=S)n1C1CC1. The molecule has 4 rings (SSSR count). The zero-order valence-corrected chi connectivity index (χ0v) is 16.9. The van der Waals surface area contributed by atoms with Crippen LogP contribution in [-0.4, -0.2) is 56.2 Å². The predicted octanol–water partition coefficient (Wildman–Crippen LogP) is 3.35. The number of carbonyl (C=O) groups is 1. The Labute approximate surface area is 163 Å². The van der Waals surface area contributed by atoms with E-state index < -0.39 is 0 Å². The van der Waals surface area contributed by atoms with E-state index in [2.05, 4.69) is 23.3 Å². The molecule has 0 spiro atoms. The fourth-order valence-corrected chi connectivity index (χ4v) is 4.47. The van der Waals surface area contributed by atoms with Gasteiger partial charge in [0.05, 0.1) is 11.5 Å². The van der Waals surface area contributed by atoms with E-state index in [0.717, 1.165) is 41.7 Å². The minimum atomic E-state index is 0.149. The summed E-state index contributed by atoms with van der Waals surface area (Å²) in [5.74, 6) is 1.62. The zero-order chi connectivity index (χ0) is 18.3. The van der Waals surface area contributed by atoms with E-state index in [9.17, 15) is 4.79 Å². The van der Waals surface area contributed by atoms with Crippen LogP contribution in [0.4, 0.5) is 0 Å². The van der Waals surface area contributed by atoms with Crippen molar-refractivity contribution in [1.29, 1.82) is 0 Å². The second kappa shape index (κ2) is 7.25. The second-order valence-corrected chi connectivity index (χ2v) is 8.74. The molecule has 3 heterocycles. The summed E-state index contributed by atoms with van der Waals surface area (Å²) in [6, 6.07) is 4.38. The van der Waals surface area contributed by atoms with E-state index in [1.807, 2.05) is 27.1 Å². The van der Waals surface area contributed by atoms with Gasteiger partial charge in [-0.15, -0.1) is 11.3 Å². The lowest BCUT2D eigenvalue weighted by Crippen LogP contribution is -2.48. The number of rotatable bonds is 5. The number of aromatic nitrogens is 3. The molecule has 2 aromatic rings. The first-order valence-corrected chi connectivity index (χ1v) is 10.6. The summed E-state index contributed by atoms with van der Waals surface area (Å²) in [7, 11) is 0. The van der Waals surface area contributed by atoms with E-state index >= 15 is 0 Å². The van der Waals surface area contributed by atoms with Crippen LogP contribution in [0.15, 0.2) is 17.5 Å². The molecule has 0 unspecified atom stereocenters. The molecule has 6 nitrogen and oxygen atoms in total. The molecule has 1 aliphatic carbocycles. The van der Waals surface area contributed by atoms with Crippen molar-refractivity contribution < 1.29 is 4.79 Å². The third-order valence-electron chi connectivity index (χ3n) is 5.05. The van der Waals surface area contributed by atoms with Gasteiger partial charge in [-0.3, -0.25) is 9.69 Å². The van der Waals surface area contributed by atoms with Gasteiger partial charge in [-0.05, 0) is 36.5 Å². The van der Waals surface area contributed by atoms with Gasteiger partial charge in [-0.25, -0.2) is 4.68 Å². The Morgan fingerprint density at radius 3 is 2.62 bits per heavy atom. The zero-order valence-electron chi connectivity index (χ0n) is 15.3. The number of hydrogen-bond acceptors (Lipinski definition) is 5. The van der Waals surface area contributed by atoms with E-state index in [1.54, 1.807) is 0 Å². The molecule has 1 saturated heterocycles. The Bertz CT molecular complexity index is 826. The van der Waals surface area contributed by atoms with Crippen molar-refractivity contribution in [3.63, 3.8) is 0 Å². The lowest BCUT2D eigenvalue weighted by atomic mass is 10.2. The summed E-state index contributed by atoms with van der Waals surface area (Å²) >= 11 is 7.22. The van der Waals surface area contributed by atoms with Gasteiger partial charge in [-0.2, -0.15) is 5.10 Å². The Hall–Kier alpha value is -1.51. The molecule has 2 aliphatic rings. The van der Waals surface area contributed by atoms with Gasteiger partial charge in [0.1, 0.15) is 5.82 Å². The van der Waals surface area contributed by atoms with Crippen molar-refractivity contribution in [2.45, 2.75) is 45.3 Å². The monoisotopic (exact) mass is 391 g/mol. The number of thiophene rings is 1. The predicted molar refractivity (Wildman–Crippen MR) is 105 cm³/mol. The lowest BCUT2D eigenvalue weighted by Gasteiger charge is -2.34. The largest absolute Gasteiger partial charge is 0.335 e. The summed E-state index contributed by atoms with van der Waals surface area (Å²) in [5, 5.41) is 6.77. The summed E-state index contributed by atoms with van der Waals surface area (Å²) in [6.07, 6.45) is 2.42. The quantitative estimate of drug-likeness (QED) is 0.734. The third-order valence-corrected chi connectivity index (χ3v) is 6.32. The molecule has 1 amide bonds. The smallest absolute Gasteiger partial charge is 0.264 e. The van der Waals surface area contributed by atoms with Gasteiger partial charge in [0, 0.05) is 38.1 Å². The van der Waals surface area contributed by atoms with Crippen LogP contribution in [0.2, 0.25) is 0 Å². The Kier molecular flexibility index (Phi) is 4.98. The number of hydrogen-bond donors (Lipinski definition) is 0. The molecule has 0 N–H and O–H groups in total. The van der Waals surface area contributed by atoms with Crippen LogP contribution in [0.1, 0.15) is 54.1 Å². The number of piperazine rings is 1. The fraction of sp³-hybridized carbons (Fsp3) is 0.611. The molecule has 1 aliphatic heterocycles. The first-order chi connectivity index (χ1) is 12.5. The number of amides is 1. The molecular formula is C18H25N5OS2. The molecule has 2 fully saturated rings. The van der Waals surface area contributed by atoms with Gasteiger partial charge >= 0.3 is 0 Å². The molecule has 0 atom stereocenters. The molecule has 140 valence electrons. The molecule has 0 radical (unpaired) electrons. The van der Waals surface area contributed by atoms with Crippen molar-refractivity contribution in [3.05, 3.63) is 33.0 Å². The van der Waals surface area contributed by atoms with Crippen LogP contribution >= 0.6 is 23.6 Å². The topological polar surface area (TPSA) is 46.3 Å². The minimum absolute atomic E-state index is 0.149. The van der Waals surface area contributed by atoms with Crippen LogP contribution in [0, 0.1) is 4.77 Å². The second-order valence-electron chi connectivity index (χ2n) is 7.43. The van der Waals surface area contributed by atoms with Crippen molar-refractivity contribution in [1.82, 2.24) is 24.1 Å². The fourth-order valence-electron chi connectivity index (χ4n) is 3.44. The lowest BCUT2D eigenvalue weighted by molar-refractivity contribution is 0.0589. The first kappa shape index (κ1) is 17.9. The summed E-state index contributed by atoms with van der Waals surface area (Å²) in [6.45, 7) is 8.27. The number of nitrogens with zero attached hydrogens (tertiary/aromatic N) is 5. The van der Waals surface area contributed by atoms with Crippen molar-refractivity contribution >= 4 is 29.5 Å². The summed E-state index contributed by atoms with van der Waals surface area (Å²) in [5.41, 5.74) is 0. The summed E-state index contributed by atoms with van der Waals surface area (Å²) < 4.78 is 5.07. The van der Waals surface area contributed by atoms with E-state index in [0.29, 0.717) is 18.6 Å². The molecule has 0 bridgehead atoms. The van der Waals surface area contributed by atoms with Gasteiger partial charge in [0.25, 0.3) is 5.91 Å². The van der Waals surface area contributed by atoms with Crippen LogP contribution in [0.25, 0.3) is 0 Å². The highest BCUT2D eigenvalue weighted by atomic mass is 32.1. The Morgan fingerprint density at radius 1 is 1.31 bits per heavy atom. The van der Waals surface area contributed by atoms with Crippen LogP contribution in [0.3, 0.4) is 0 Å². The van der Waals surface area contributed by atoms with Gasteiger partial charge in [0.15, 0.2) is 4.77 Å². The van der Waals surface area contributed by atoms with Crippen molar-refractivity contribution in [2.75, 3.05) is 26.2 Å². The average molecular weight is 392 g/mol. The first-order valence-electron chi connectivity index (χ1n) is 9.29. The van der Waals surface area contributed by atoms with Crippen LogP contribution in [0.5, 0.6) is 0 Å². The third kappa shape index (κ3) is 3.50. The highest BCUT2D eigenvalue weighted by Crippen LogP contribution is 2.37. The highest BCUT2D eigenvalue weighted by molar-refractivity contribution is 7.71.